The number of hydrogen-bond donors (Lipinski definition) is 0. The monoisotopic (exact) mass is 184 g/mol. The Bertz CT molecular complexity index is 319. The van der Waals surface area contributed by atoms with Crippen LogP contribution < -0.4 is 5.69 Å². The molecule has 0 aromatic carbocycles. The Morgan fingerprint density at radius 3 is 3.33 bits per heavy atom. The average molecular weight is 184 g/mol. The van der Waals surface area contributed by atoms with E-state index in [1.807, 2.05) is 0 Å². The van der Waals surface area contributed by atoms with Crippen molar-refractivity contribution in [3.05, 3.63) is 28.9 Å². The Morgan fingerprint density at radius 1 is 1.75 bits per heavy atom. The summed E-state index contributed by atoms with van der Waals surface area (Å²) in [6.07, 6.45) is 3.24. The van der Waals surface area contributed by atoms with Crippen molar-refractivity contribution in [2.45, 2.75) is 5.37 Å². The molecule has 0 bridgehead atoms. The minimum Gasteiger partial charge on any atom is -0.368 e. The van der Waals surface area contributed by atoms with Crippen molar-refractivity contribution >= 4 is 11.8 Å². The van der Waals surface area contributed by atoms with E-state index in [1.165, 1.54) is 6.20 Å². The van der Waals surface area contributed by atoms with Gasteiger partial charge >= 0.3 is 5.69 Å². The zero-order chi connectivity index (χ0) is 8.39. The standard InChI is InChI=1S/C7H8N2O2S/c10-7-8-2-1-3-9(7)6-4-11-5-12-6/h1-3,6H,4-5H2. The van der Waals surface area contributed by atoms with Crippen LogP contribution in [-0.4, -0.2) is 22.1 Å². The summed E-state index contributed by atoms with van der Waals surface area (Å²) in [5.41, 5.74) is -0.208. The fraction of sp³-hybridized carbons (Fsp3) is 0.429. The quantitative estimate of drug-likeness (QED) is 0.636. The van der Waals surface area contributed by atoms with Crippen LogP contribution in [0.3, 0.4) is 0 Å². The maximum absolute atomic E-state index is 11.2. The van der Waals surface area contributed by atoms with Crippen LogP contribution in [0.15, 0.2) is 23.3 Å². The summed E-state index contributed by atoms with van der Waals surface area (Å²) in [6, 6.07) is 1.75. The van der Waals surface area contributed by atoms with E-state index < -0.39 is 0 Å². The van der Waals surface area contributed by atoms with E-state index in [4.69, 9.17) is 4.74 Å². The van der Waals surface area contributed by atoms with Gasteiger partial charge in [-0.15, -0.1) is 11.8 Å². The van der Waals surface area contributed by atoms with E-state index in [0.717, 1.165) is 0 Å². The number of aromatic nitrogens is 2. The van der Waals surface area contributed by atoms with E-state index >= 15 is 0 Å². The molecule has 0 saturated carbocycles. The van der Waals surface area contributed by atoms with E-state index in [9.17, 15) is 4.79 Å². The van der Waals surface area contributed by atoms with Gasteiger partial charge in [-0.3, -0.25) is 4.57 Å². The Hall–Kier alpha value is -0.810. The molecule has 1 aromatic heterocycles. The van der Waals surface area contributed by atoms with Crippen molar-refractivity contribution in [2.75, 3.05) is 12.5 Å². The lowest BCUT2D eigenvalue weighted by molar-refractivity contribution is 0.190. The molecule has 64 valence electrons. The second-order valence-corrected chi connectivity index (χ2v) is 3.53. The summed E-state index contributed by atoms with van der Waals surface area (Å²) < 4.78 is 6.74. The highest BCUT2D eigenvalue weighted by Crippen LogP contribution is 2.27. The molecule has 2 rings (SSSR count). The van der Waals surface area contributed by atoms with Gasteiger partial charge in [0.05, 0.1) is 12.5 Å². The van der Waals surface area contributed by atoms with Gasteiger partial charge in [0.15, 0.2) is 0 Å². The lowest BCUT2D eigenvalue weighted by atomic mass is 10.6. The predicted molar refractivity (Wildman–Crippen MR) is 45.9 cm³/mol. The SMILES string of the molecule is O=c1ncccn1C1COCS1. The molecule has 4 nitrogen and oxygen atoms in total. The molecule has 0 amide bonds. The zero-order valence-electron chi connectivity index (χ0n) is 6.34. The van der Waals surface area contributed by atoms with Gasteiger partial charge in [0.1, 0.15) is 5.37 Å². The lowest BCUT2D eigenvalue weighted by Crippen LogP contribution is -2.24. The molecule has 0 aliphatic carbocycles. The van der Waals surface area contributed by atoms with E-state index in [2.05, 4.69) is 4.98 Å². The van der Waals surface area contributed by atoms with Crippen LogP contribution in [0.25, 0.3) is 0 Å². The van der Waals surface area contributed by atoms with E-state index in [1.54, 1.807) is 28.6 Å². The van der Waals surface area contributed by atoms with Crippen molar-refractivity contribution < 1.29 is 4.74 Å². The van der Waals surface area contributed by atoms with Crippen molar-refractivity contribution in [1.29, 1.82) is 0 Å². The number of ether oxygens (including phenoxy) is 1. The minimum atomic E-state index is -0.208. The second kappa shape index (κ2) is 3.28. The molecule has 1 atom stereocenters. The number of thioether (sulfide) groups is 1. The van der Waals surface area contributed by atoms with Crippen LogP contribution in [0.1, 0.15) is 5.37 Å². The largest absolute Gasteiger partial charge is 0.368 e. The summed E-state index contributed by atoms with van der Waals surface area (Å²) in [6.45, 7) is 0.594. The van der Waals surface area contributed by atoms with Crippen LogP contribution in [0.4, 0.5) is 0 Å². The number of hydrogen-bond acceptors (Lipinski definition) is 4. The Morgan fingerprint density at radius 2 is 2.67 bits per heavy atom. The molecule has 1 fully saturated rings. The predicted octanol–water partition coefficient (Wildman–Crippen LogP) is 0.463. The van der Waals surface area contributed by atoms with Crippen LogP contribution in [0, 0.1) is 0 Å². The molecule has 1 unspecified atom stereocenters. The molecule has 5 heteroatoms. The molecule has 1 aliphatic rings. The van der Waals surface area contributed by atoms with Crippen LogP contribution in [0.5, 0.6) is 0 Å². The molecule has 2 heterocycles. The molecule has 0 spiro atoms. The highest BCUT2D eigenvalue weighted by Gasteiger charge is 2.18. The maximum atomic E-state index is 11.2. The molecule has 0 N–H and O–H groups in total. The van der Waals surface area contributed by atoms with Gasteiger partial charge in [-0.1, -0.05) is 0 Å². The fourth-order valence-electron chi connectivity index (χ4n) is 1.07. The first-order valence-electron chi connectivity index (χ1n) is 3.60. The second-order valence-electron chi connectivity index (χ2n) is 2.42. The highest BCUT2D eigenvalue weighted by molar-refractivity contribution is 7.99. The topological polar surface area (TPSA) is 44.1 Å². The Labute approximate surface area is 73.6 Å². The summed E-state index contributed by atoms with van der Waals surface area (Å²) in [5.74, 6) is 0.659. The number of rotatable bonds is 1. The van der Waals surface area contributed by atoms with Gasteiger partial charge in [-0.25, -0.2) is 9.78 Å². The van der Waals surface area contributed by atoms with Crippen molar-refractivity contribution in [1.82, 2.24) is 9.55 Å². The minimum absolute atomic E-state index is 0.103. The van der Waals surface area contributed by atoms with Gasteiger partial charge in [0.25, 0.3) is 0 Å². The normalized spacial score (nSPS) is 22.8. The van der Waals surface area contributed by atoms with Crippen LogP contribution in [0.2, 0.25) is 0 Å². The fourth-order valence-corrected chi connectivity index (χ4v) is 1.93. The van der Waals surface area contributed by atoms with Gasteiger partial charge in [0.2, 0.25) is 0 Å². The first-order valence-corrected chi connectivity index (χ1v) is 4.65. The third-order valence-corrected chi connectivity index (χ3v) is 2.70. The summed E-state index contributed by atoms with van der Waals surface area (Å²) in [4.78, 5) is 14.9. The van der Waals surface area contributed by atoms with Gasteiger partial charge < -0.3 is 4.74 Å². The smallest absolute Gasteiger partial charge is 0.348 e. The molecule has 1 saturated heterocycles. The van der Waals surface area contributed by atoms with Crippen molar-refractivity contribution in [2.24, 2.45) is 0 Å². The third-order valence-electron chi connectivity index (χ3n) is 1.65. The Kier molecular flexibility index (Phi) is 2.14. The molecular formula is C7H8N2O2S. The highest BCUT2D eigenvalue weighted by atomic mass is 32.2. The zero-order valence-corrected chi connectivity index (χ0v) is 7.16. The van der Waals surface area contributed by atoms with Gasteiger partial charge in [-0.2, -0.15) is 0 Å². The van der Waals surface area contributed by atoms with Gasteiger partial charge in [-0.05, 0) is 6.07 Å². The number of nitrogens with zero attached hydrogens (tertiary/aromatic N) is 2. The van der Waals surface area contributed by atoms with E-state index in [0.29, 0.717) is 12.5 Å². The van der Waals surface area contributed by atoms with Crippen molar-refractivity contribution in [3.63, 3.8) is 0 Å². The molecule has 0 radical (unpaired) electrons. The average Bonchev–Trinajstić information content (AvgIpc) is 2.57. The lowest BCUT2D eigenvalue weighted by Gasteiger charge is -2.08. The summed E-state index contributed by atoms with van der Waals surface area (Å²) in [5, 5.41) is 0.103. The maximum Gasteiger partial charge on any atom is 0.348 e. The van der Waals surface area contributed by atoms with Crippen molar-refractivity contribution in [3.8, 4) is 0 Å². The summed E-state index contributed by atoms with van der Waals surface area (Å²) in [7, 11) is 0. The van der Waals surface area contributed by atoms with Crippen LogP contribution in [-0.2, 0) is 4.74 Å². The third kappa shape index (κ3) is 1.37. The molecule has 1 aliphatic heterocycles. The van der Waals surface area contributed by atoms with Crippen LogP contribution >= 0.6 is 11.8 Å². The van der Waals surface area contributed by atoms with Gasteiger partial charge in [0, 0.05) is 12.4 Å². The Balaban J connectivity index is 2.32. The molecule has 1 aromatic rings. The first kappa shape index (κ1) is 7.82. The molecular weight excluding hydrogens is 176 g/mol. The molecule has 12 heavy (non-hydrogen) atoms. The first-order chi connectivity index (χ1) is 5.88. The summed E-state index contributed by atoms with van der Waals surface area (Å²) >= 11 is 1.61. The van der Waals surface area contributed by atoms with E-state index in [-0.39, 0.29) is 11.1 Å².